The van der Waals surface area contributed by atoms with Gasteiger partial charge in [-0.1, -0.05) is 26.2 Å². The van der Waals surface area contributed by atoms with Gasteiger partial charge < -0.3 is 4.79 Å². The van der Waals surface area contributed by atoms with Crippen molar-refractivity contribution >= 4 is 6.29 Å². The monoisotopic (exact) mass is 408 g/mol. The number of hydrogen-bond donors (Lipinski definition) is 0. The lowest BCUT2D eigenvalue weighted by Crippen LogP contribution is -2.58. The third kappa shape index (κ3) is 3.60. The fourth-order valence-electron chi connectivity index (χ4n) is 8.20. The lowest BCUT2D eigenvalue weighted by Gasteiger charge is -2.62. The third-order valence-electron chi connectivity index (χ3n) is 9.28. The molecule has 0 N–H and O–H groups in total. The normalized spacial score (nSPS) is 44.2. The minimum atomic E-state index is -0.484. The van der Waals surface area contributed by atoms with E-state index in [1.807, 2.05) is 13.8 Å². The Morgan fingerprint density at radius 3 is 2.31 bits per heavy atom. The first-order valence-corrected chi connectivity index (χ1v) is 12.1. The van der Waals surface area contributed by atoms with E-state index in [0.717, 1.165) is 25.2 Å². The van der Waals surface area contributed by atoms with Gasteiger partial charge in [0.2, 0.25) is 6.29 Å². The van der Waals surface area contributed by atoms with Gasteiger partial charge in [-0.3, -0.25) is 0 Å². The fraction of sp³-hybridized carbons (Fsp3) is 0.958. The standard InChI is InChI=1S/C24H40O5/c1-4-26-28-22(29-27-5-2)24-13-8-10-21(24)18-15-17(16-25)19-9-6-7-12-23(19,3)20(18)11-14-24/h16-22H,4-15H2,1-3H3/t17-,18-,19?,20+,21+,23+,24-/m1/s1. The first-order valence-electron chi connectivity index (χ1n) is 12.1. The van der Waals surface area contributed by atoms with Crippen LogP contribution >= 0.6 is 0 Å². The highest BCUT2D eigenvalue weighted by Gasteiger charge is 2.63. The van der Waals surface area contributed by atoms with Crippen molar-refractivity contribution in [3.8, 4) is 0 Å². The molecule has 1 unspecified atom stereocenters. The zero-order valence-corrected chi connectivity index (χ0v) is 18.6. The Labute approximate surface area is 176 Å². The highest BCUT2D eigenvalue weighted by Crippen LogP contribution is 2.68. The van der Waals surface area contributed by atoms with Gasteiger partial charge in [0.25, 0.3) is 0 Å². The molecule has 4 aliphatic carbocycles. The van der Waals surface area contributed by atoms with Crippen molar-refractivity contribution in [3.63, 3.8) is 0 Å². The predicted octanol–water partition coefficient (Wildman–Crippen LogP) is 5.48. The van der Waals surface area contributed by atoms with E-state index < -0.39 is 6.29 Å². The summed E-state index contributed by atoms with van der Waals surface area (Å²) in [6.45, 7) is 7.35. The summed E-state index contributed by atoms with van der Waals surface area (Å²) < 4.78 is 0. The van der Waals surface area contributed by atoms with E-state index in [9.17, 15) is 4.79 Å². The molecular formula is C24H40O5. The maximum Gasteiger partial charge on any atom is 0.230 e. The molecular weight excluding hydrogens is 368 g/mol. The largest absolute Gasteiger partial charge is 0.303 e. The van der Waals surface area contributed by atoms with E-state index in [2.05, 4.69) is 6.92 Å². The smallest absolute Gasteiger partial charge is 0.230 e. The molecule has 4 aliphatic rings. The van der Waals surface area contributed by atoms with Gasteiger partial charge in [0, 0.05) is 11.3 Å². The molecule has 0 heterocycles. The van der Waals surface area contributed by atoms with Gasteiger partial charge in [-0.2, -0.15) is 0 Å². The molecule has 0 radical (unpaired) electrons. The Morgan fingerprint density at radius 2 is 1.62 bits per heavy atom. The quantitative estimate of drug-likeness (QED) is 0.230. The number of fused-ring (bicyclic) bond motifs is 5. The summed E-state index contributed by atoms with van der Waals surface area (Å²) in [6, 6.07) is 0. The van der Waals surface area contributed by atoms with Gasteiger partial charge in [-0.05, 0) is 87.9 Å². The van der Waals surface area contributed by atoms with Crippen molar-refractivity contribution in [2.45, 2.75) is 91.3 Å². The Bertz CT molecular complexity index is 559. The van der Waals surface area contributed by atoms with Crippen LogP contribution in [0.3, 0.4) is 0 Å². The SMILES string of the molecule is CCOOC(OOCC)[C@@]12CCC[C@H]1[C@@H]1C[C@H](C=O)C3CCCC[C@]3(C)[C@H]1CC2. The molecule has 4 fully saturated rings. The van der Waals surface area contributed by atoms with Gasteiger partial charge in [0.1, 0.15) is 6.29 Å². The van der Waals surface area contributed by atoms with Crippen molar-refractivity contribution in [2.24, 2.45) is 40.4 Å². The van der Waals surface area contributed by atoms with E-state index in [1.54, 1.807) is 0 Å². The van der Waals surface area contributed by atoms with Crippen LogP contribution in [-0.4, -0.2) is 25.8 Å². The highest BCUT2D eigenvalue weighted by atomic mass is 17.3. The van der Waals surface area contributed by atoms with Crippen molar-refractivity contribution in [3.05, 3.63) is 0 Å². The molecule has 0 amide bonds. The second-order valence-electron chi connectivity index (χ2n) is 10.3. The molecule has 166 valence electrons. The number of rotatable bonds is 8. The topological polar surface area (TPSA) is 54.0 Å². The van der Waals surface area contributed by atoms with Crippen LogP contribution in [0.2, 0.25) is 0 Å². The van der Waals surface area contributed by atoms with Gasteiger partial charge >= 0.3 is 0 Å². The first-order chi connectivity index (χ1) is 14.1. The number of hydrogen-bond acceptors (Lipinski definition) is 5. The summed E-state index contributed by atoms with van der Waals surface area (Å²) in [5, 5.41) is 0. The lowest BCUT2D eigenvalue weighted by atomic mass is 9.43. The van der Waals surface area contributed by atoms with E-state index in [1.165, 1.54) is 51.2 Å². The Morgan fingerprint density at radius 1 is 0.897 bits per heavy atom. The summed E-state index contributed by atoms with van der Waals surface area (Å²) in [7, 11) is 0. The van der Waals surface area contributed by atoms with Gasteiger partial charge in [0.15, 0.2) is 0 Å². The van der Waals surface area contributed by atoms with Crippen LogP contribution in [0.5, 0.6) is 0 Å². The fourth-order valence-corrected chi connectivity index (χ4v) is 8.20. The Kier molecular flexibility index (Phi) is 6.70. The molecule has 0 saturated heterocycles. The number of carbonyl (C=O) groups is 1. The summed E-state index contributed by atoms with van der Waals surface area (Å²) >= 11 is 0. The molecule has 4 rings (SSSR count). The Hall–Kier alpha value is -0.490. The van der Waals surface area contributed by atoms with Crippen LogP contribution in [0.1, 0.15) is 85.0 Å². The second-order valence-corrected chi connectivity index (χ2v) is 10.3. The van der Waals surface area contributed by atoms with Crippen LogP contribution in [0, 0.1) is 40.4 Å². The first kappa shape index (κ1) is 21.7. The zero-order valence-electron chi connectivity index (χ0n) is 18.6. The van der Waals surface area contributed by atoms with Crippen LogP contribution in [-0.2, 0) is 24.3 Å². The summed E-state index contributed by atoms with van der Waals surface area (Å²) in [6.07, 6.45) is 12.8. The maximum absolute atomic E-state index is 12.1. The molecule has 7 atom stereocenters. The average Bonchev–Trinajstić information content (AvgIpc) is 3.18. The summed E-state index contributed by atoms with van der Waals surface area (Å²) in [5.74, 6) is 2.63. The van der Waals surface area contributed by atoms with E-state index in [-0.39, 0.29) is 11.3 Å². The third-order valence-corrected chi connectivity index (χ3v) is 9.28. The molecule has 0 bridgehead atoms. The molecule has 5 nitrogen and oxygen atoms in total. The van der Waals surface area contributed by atoms with Crippen LogP contribution in [0.4, 0.5) is 0 Å². The Balaban J connectivity index is 1.63. The highest BCUT2D eigenvalue weighted by molar-refractivity contribution is 5.55. The van der Waals surface area contributed by atoms with Crippen LogP contribution < -0.4 is 0 Å². The molecule has 5 heteroatoms. The minimum Gasteiger partial charge on any atom is -0.303 e. The number of aldehydes is 1. The molecule has 0 aromatic heterocycles. The van der Waals surface area contributed by atoms with E-state index in [4.69, 9.17) is 19.6 Å². The molecule has 0 spiro atoms. The van der Waals surface area contributed by atoms with Crippen molar-refractivity contribution in [1.29, 1.82) is 0 Å². The number of carbonyl (C=O) groups excluding carboxylic acids is 1. The van der Waals surface area contributed by atoms with Crippen LogP contribution in [0.25, 0.3) is 0 Å². The van der Waals surface area contributed by atoms with Crippen molar-refractivity contribution in [1.82, 2.24) is 0 Å². The molecule has 4 saturated carbocycles. The molecule has 0 aromatic rings. The van der Waals surface area contributed by atoms with Crippen molar-refractivity contribution in [2.75, 3.05) is 13.2 Å². The molecule has 0 aromatic carbocycles. The van der Waals surface area contributed by atoms with Gasteiger partial charge in [-0.15, -0.1) is 0 Å². The zero-order chi connectivity index (χ0) is 20.5. The summed E-state index contributed by atoms with van der Waals surface area (Å²) in [5.41, 5.74) is 0.259. The minimum absolute atomic E-state index is 0.0587. The van der Waals surface area contributed by atoms with E-state index >= 15 is 0 Å². The van der Waals surface area contributed by atoms with Gasteiger partial charge in [0.05, 0.1) is 13.2 Å². The lowest BCUT2D eigenvalue weighted by molar-refractivity contribution is -0.489. The van der Waals surface area contributed by atoms with Crippen molar-refractivity contribution < 1.29 is 24.3 Å². The maximum atomic E-state index is 12.1. The molecule has 29 heavy (non-hydrogen) atoms. The van der Waals surface area contributed by atoms with Crippen LogP contribution in [0.15, 0.2) is 0 Å². The molecule has 0 aliphatic heterocycles. The average molecular weight is 409 g/mol. The second kappa shape index (κ2) is 8.94. The summed E-state index contributed by atoms with van der Waals surface area (Å²) in [4.78, 5) is 34.4. The predicted molar refractivity (Wildman–Crippen MR) is 109 cm³/mol. The van der Waals surface area contributed by atoms with E-state index in [0.29, 0.717) is 36.4 Å². The van der Waals surface area contributed by atoms with Gasteiger partial charge in [-0.25, -0.2) is 19.6 Å².